The number of carbonyl (C=O) groups is 2. The van der Waals surface area contributed by atoms with Crippen LogP contribution in [-0.2, 0) is 25.2 Å². The maximum absolute atomic E-state index is 13.8. The standard InChI is InChI=1S/C29H21F4N3O4/c1-39-27(37)24-23(17-6-4-3-5-7-17)20(15-34)26(35)36(25(24)28(38)40-2)19-11-8-16(9-12-19)18-10-13-22(30)21(14-18)29(31,32)33/h3-14,23H,35H2,1-2H3. The van der Waals surface area contributed by atoms with Crippen LogP contribution in [0, 0.1) is 17.1 Å². The number of carbonyl (C=O) groups excluding carboxylic acids is 2. The molecule has 0 bridgehead atoms. The lowest BCUT2D eigenvalue weighted by Crippen LogP contribution is -2.40. The van der Waals surface area contributed by atoms with Crippen molar-refractivity contribution in [2.24, 2.45) is 5.73 Å². The molecule has 0 fully saturated rings. The largest absolute Gasteiger partial charge is 0.466 e. The Balaban J connectivity index is 1.91. The van der Waals surface area contributed by atoms with Crippen molar-refractivity contribution in [3.05, 3.63) is 112 Å². The summed E-state index contributed by atoms with van der Waals surface area (Å²) >= 11 is 0. The first-order valence-corrected chi connectivity index (χ1v) is 11.7. The number of nitrogens with two attached hydrogens (primary N) is 1. The number of methoxy groups -OCH3 is 2. The lowest BCUT2D eigenvalue weighted by atomic mass is 9.81. The second-order valence-electron chi connectivity index (χ2n) is 8.57. The number of halogens is 4. The fourth-order valence-corrected chi connectivity index (χ4v) is 4.51. The minimum Gasteiger partial charge on any atom is -0.466 e. The first kappa shape index (κ1) is 27.9. The first-order chi connectivity index (χ1) is 19.0. The third-order valence-electron chi connectivity index (χ3n) is 6.34. The van der Waals surface area contributed by atoms with Gasteiger partial charge in [-0.05, 0) is 41.0 Å². The predicted octanol–water partition coefficient (Wildman–Crippen LogP) is 5.41. The molecule has 3 aromatic rings. The summed E-state index contributed by atoms with van der Waals surface area (Å²) < 4.78 is 63.4. The maximum atomic E-state index is 13.8. The summed E-state index contributed by atoms with van der Waals surface area (Å²) in [5.74, 6) is -4.47. The molecule has 2 N–H and O–H groups in total. The van der Waals surface area contributed by atoms with Crippen LogP contribution in [0.1, 0.15) is 17.0 Å². The smallest absolute Gasteiger partial charge is 0.419 e. The van der Waals surface area contributed by atoms with Gasteiger partial charge in [0.15, 0.2) is 0 Å². The quantitative estimate of drug-likeness (QED) is 0.334. The molecule has 1 atom stereocenters. The number of benzene rings is 3. The summed E-state index contributed by atoms with van der Waals surface area (Å²) in [7, 11) is 2.23. The summed E-state index contributed by atoms with van der Waals surface area (Å²) in [5.41, 5.74) is 5.56. The number of nitriles is 1. The van der Waals surface area contributed by atoms with E-state index in [1.165, 1.54) is 30.3 Å². The third kappa shape index (κ3) is 4.99. The molecule has 0 aromatic heterocycles. The number of alkyl halides is 3. The highest BCUT2D eigenvalue weighted by Crippen LogP contribution is 2.43. The van der Waals surface area contributed by atoms with E-state index in [4.69, 9.17) is 15.2 Å². The molecule has 3 aromatic carbocycles. The maximum Gasteiger partial charge on any atom is 0.419 e. The van der Waals surface area contributed by atoms with Crippen molar-refractivity contribution >= 4 is 17.6 Å². The van der Waals surface area contributed by atoms with Crippen LogP contribution in [-0.4, -0.2) is 26.2 Å². The minimum absolute atomic E-state index is 0.0447. The molecule has 0 saturated heterocycles. The van der Waals surface area contributed by atoms with Crippen molar-refractivity contribution in [1.82, 2.24) is 0 Å². The minimum atomic E-state index is -4.89. The zero-order chi connectivity index (χ0) is 29.2. The normalized spacial score (nSPS) is 15.5. The Morgan fingerprint density at radius 3 is 2.08 bits per heavy atom. The van der Waals surface area contributed by atoms with Gasteiger partial charge < -0.3 is 15.2 Å². The second-order valence-corrected chi connectivity index (χ2v) is 8.57. The van der Waals surface area contributed by atoms with Crippen molar-refractivity contribution < 1.29 is 36.6 Å². The Bertz CT molecular complexity index is 1570. The molecule has 0 aliphatic carbocycles. The Morgan fingerprint density at radius 2 is 1.52 bits per heavy atom. The molecule has 0 radical (unpaired) electrons. The van der Waals surface area contributed by atoms with E-state index in [9.17, 15) is 32.4 Å². The van der Waals surface area contributed by atoms with Gasteiger partial charge in [0.25, 0.3) is 0 Å². The van der Waals surface area contributed by atoms with Crippen LogP contribution in [0.5, 0.6) is 0 Å². The van der Waals surface area contributed by atoms with E-state index in [1.54, 1.807) is 30.3 Å². The van der Waals surface area contributed by atoms with Crippen LogP contribution in [0.2, 0.25) is 0 Å². The number of hydrogen-bond acceptors (Lipinski definition) is 7. The van der Waals surface area contributed by atoms with Crippen molar-refractivity contribution in [2.45, 2.75) is 12.1 Å². The number of allylic oxidation sites excluding steroid dienone is 1. The van der Waals surface area contributed by atoms with E-state index in [0.717, 1.165) is 25.2 Å². The van der Waals surface area contributed by atoms with Crippen LogP contribution in [0.3, 0.4) is 0 Å². The Labute approximate surface area is 226 Å². The molecule has 204 valence electrons. The lowest BCUT2D eigenvalue weighted by Gasteiger charge is -2.36. The van der Waals surface area contributed by atoms with Gasteiger partial charge in [-0.15, -0.1) is 0 Å². The fourth-order valence-electron chi connectivity index (χ4n) is 4.51. The Kier molecular flexibility index (Phi) is 7.63. The van der Waals surface area contributed by atoms with Gasteiger partial charge in [0.2, 0.25) is 0 Å². The Hall–Kier alpha value is -5.11. The molecule has 11 heteroatoms. The summed E-state index contributed by atoms with van der Waals surface area (Å²) in [5, 5.41) is 10.1. The highest BCUT2D eigenvalue weighted by Gasteiger charge is 2.43. The van der Waals surface area contributed by atoms with Crippen molar-refractivity contribution in [3.8, 4) is 17.2 Å². The average Bonchev–Trinajstić information content (AvgIpc) is 2.95. The molecule has 0 saturated carbocycles. The molecule has 1 heterocycles. The highest BCUT2D eigenvalue weighted by molar-refractivity contribution is 6.06. The first-order valence-electron chi connectivity index (χ1n) is 11.7. The van der Waals surface area contributed by atoms with Gasteiger partial charge in [0.1, 0.15) is 17.3 Å². The zero-order valence-electron chi connectivity index (χ0n) is 21.1. The summed E-state index contributed by atoms with van der Waals surface area (Å²) in [6.07, 6.45) is -4.89. The summed E-state index contributed by atoms with van der Waals surface area (Å²) in [4.78, 5) is 27.4. The van der Waals surface area contributed by atoms with Gasteiger partial charge in [-0.25, -0.2) is 14.0 Å². The van der Waals surface area contributed by atoms with Crippen LogP contribution >= 0.6 is 0 Å². The van der Waals surface area contributed by atoms with E-state index >= 15 is 0 Å². The third-order valence-corrected chi connectivity index (χ3v) is 6.34. The Morgan fingerprint density at radius 1 is 0.925 bits per heavy atom. The zero-order valence-corrected chi connectivity index (χ0v) is 21.1. The summed E-state index contributed by atoms with van der Waals surface area (Å²) in [6, 6.07) is 18.8. The topological polar surface area (TPSA) is 106 Å². The van der Waals surface area contributed by atoms with E-state index < -0.39 is 35.4 Å². The SMILES string of the molecule is COC(=O)C1=C(C(=O)OC)N(c2ccc(-c3ccc(F)c(C(F)(F)F)c3)cc2)C(N)=C(C#N)C1c1ccccc1. The predicted molar refractivity (Wildman–Crippen MR) is 136 cm³/mol. The van der Waals surface area contributed by atoms with Crippen LogP contribution < -0.4 is 10.6 Å². The summed E-state index contributed by atoms with van der Waals surface area (Å²) in [6.45, 7) is 0. The van der Waals surface area contributed by atoms with Crippen LogP contribution in [0.25, 0.3) is 11.1 Å². The molecule has 7 nitrogen and oxygen atoms in total. The lowest BCUT2D eigenvalue weighted by molar-refractivity contribution is -0.140. The van der Waals surface area contributed by atoms with Gasteiger partial charge >= 0.3 is 18.1 Å². The molecule has 1 aliphatic rings. The van der Waals surface area contributed by atoms with Gasteiger partial charge in [0.05, 0.1) is 42.9 Å². The van der Waals surface area contributed by atoms with Crippen molar-refractivity contribution in [3.63, 3.8) is 0 Å². The van der Waals surface area contributed by atoms with Gasteiger partial charge in [0, 0.05) is 5.69 Å². The molecule has 0 spiro atoms. The van der Waals surface area contributed by atoms with Gasteiger partial charge in [-0.1, -0.05) is 48.5 Å². The highest BCUT2D eigenvalue weighted by atomic mass is 19.4. The molecule has 1 aliphatic heterocycles. The molecule has 1 unspecified atom stereocenters. The van der Waals surface area contributed by atoms with Gasteiger partial charge in [-0.2, -0.15) is 18.4 Å². The van der Waals surface area contributed by atoms with Gasteiger partial charge in [-0.3, -0.25) is 4.90 Å². The fraction of sp³-hybridized carbons (Fsp3) is 0.138. The van der Waals surface area contributed by atoms with E-state index in [0.29, 0.717) is 17.2 Å². The van der Waals surface area contributed by atoms with Crippen LogP contribution in [0.15, 0.2) is 95.5 Å². The number of hydrogen-bond donors (Lipinski definition) is 1. The van der Waals surface area contributed by atoms with E-state index in [1.807, 2.05) is 6.07 Å². The number of nitrogens with zero attached hydrogens (tertiary/aromatic N) is 2. The van der Waals surface area contributed by atoms with Crippen molar-refractivity contribution in [1.29, 1.82) is 5.26 Å². The monoisotopic (exact) mass is 551 g/mol. The number of anilines is 1. The molecule has 4 rings (SSSR count). The molecular formula is C29H21F4N3O4. The van der Waals surface area contributed by atoms with E-state index in [-0.39, 0.29) is 33.9 Å². The molecular weight excluding hydrogens is 530 g/mol. The number of ether oxygens (including phenoxy) is 2. The number of rotatable bonds is 5. The molecule has 40 heavy (non-hydrogen) atoms. The van der Waals surface area contributed by atoms with Crippen molar-refractivity contribution in [2.75, 3.05) is 19.1 Å². The molecule has 0 amide bonds. The van der Waals surface area contributed by atoms with Crippen LogP contribution in [0.4, 0.5) is 23.2 Å². The second kappa shape index (κ2) is 10.9. The van der Waals surface area contributed by atoms with E-state index in [2.05, 4.69) is 0 Å². The number of esters is 2. The average molecular weight is 551 g/mol.